The quantitative estimate of drug-likeness (QED) is 0.282. The third kappa shape index (κ3) is 10.8. The summed E-state index contributed by atoms with van der Waals surface area (Å²) in [4.78, 5) is 14.5. The summed E-state index contributed by atoms with van der Waals surface area (Å²) in [6.07, 6.45) is 9.57. The molecule has 0 atom stereocenters. The van der Waals surface area contributed by atoms with Crippen LogP contribution in [0.1, 0.15) is 63.9 Å². The molecule has 0 N–H and O–H groups in total. The lowest BCUT2D eigenvalue weighted by molar-refractivity contribution is -0.132. The molecule has 0 radical (unpaired) electrons. The maximum absolute atomic E-state index is 12.7. The van der Waals surface area contributed by atoms with Crippen molar-refractivity contribution in [3.8, 4) is 11.5 Å². The van der Waals surface area contributed by atoms with E-state index in [1.54, 1.807) is 30.2 Å². The number of hydrogen-bond donors (Lipinski definition) is 0. The van der Waals surface area contributed by atoms with Crippen molar-refractivity contribution in [3.05, 3.63) is 23.8 Å². The summed E-state index contributed by atoms with van der Waals surface area (Å²) in [5.41, 5.74) is 0.762. The molecule has 172 valence electrons. The summed E-state index contributed by atoms with van der Waals surface area (Å²) in [6, 6.07) is 5.04. The number of rotatable bonds is 16. The van der Waals surface area contributed by atoms with E-state index in [9.17, 15) is 13.2 Å². The molecule has 0 unspecified atom stereocenters. The van der Waals surface area contributed by atoms with Crippen molar-refractivity contribution in [2.75, 3.05) is 33.6 Å². The molecule has 1 rings (SSSR count). The Morgan fingerprint density at radius 1 is 1.00 bits per heavy atom. The maximum Gasteiger partial charge on any atom is 0.306 e. The number of ether oxygens (including phenoxy) is 2. The van der Waals surface area contributed by atoms with E-state index in [2.05, 4.69) is 6.92 Å². The van der Waals surface area contributed by atoms with Crippen LogP contribution in [0.15, 0.2) is 18.2 Å². The highest BCUT2D eigenvalue weighted by Gasteiger charge is 2.16. The second-order valence-electron chi connectivity index (χ2n) is 7.45. The normalized spacial score (nSPS) is 11.3. The first kappa shape index (κ1) is 26.2. The van der Waals surface area contributed by atoms with Gasteiger partial charge in [-0.05, 0) is 24.1 Å². The average molecular weight is 444 g/mol. The van der Waals surface area contributed by atoms with Gasteiger partial charge in [0.15, 0.2) is 11.5 Å². The van der Waals surface area contributed by atoms with E-state index in [4.69, 9.17) is 13.7 Å². The van der Waals surface area contributed by atoms with Crippen molar-refractivity contribution in [1.82, 2.24) is 4.90 Å². The summed E-state index contributed by atoms with van der Waals surface area (Å²) in [6.45, 7) is 3.46. The Balaban J connectivity index is 2.72. The van der Waals surface area contributed by atoms with Crippen molar-refractivity contribution in [2.24, 2.45) is 0 Å². The molecule has 0 saturated heterocycles. The smallest absolute Gasteiger partial charge is 0.306 e. The van der Waals surface area contributed by atoms with Gasteiger partial charge in [0.25, 0.3) is 0 Å². The highest BCUT2D eigenvalue weighted by Crippen LogP contribution is 2.29. The number of carbonyl (C=O) groups excluding carboxylic acids is 1. The van der Waals surface area contributed by atoms with Crippen LogP contribution in [-0.4, -0.2) is 52.9 Å². The minimum atomic E-state index is -3.69. The lowest BCUT2D eigenvalue weighted by Crippen LogP contribution is -2.33. The second-order valence-corrected chi connectivity index (χ2v) is 9.03. The summed E-state index contributed by atoms with van der Waals surface area (Å²) < 4.78 is 38.4. The Hall–Kier alpha value is -1.80. The summed E-state index contributed by atoms with van der Waals surface area (Å²) in [7, 11) is -0.643. The number of hydrogen-bond acceptors (Lipinski definition) is 6. The third-order valence-electron chi connectivity index (χ3n) is 4.75. The van der Waals surface area contributed by atoms with Crippen LogP contribution in [0.4, 0.5) is 0 Å². The van der Waals surface area contributed by atoms with Crippen LogP contribution in [-0.2, 0) is 26.2 Å². The summed E-state index contributed by atoms with van der Waals surface area (Å²) >= 11 is 0. The molecular weight excluding hydrogens is 406 g/mol. The van der Waals surface area contributed by atoms with Crippen LogP contribution in [0.2, 0.25) is 0 Å². The van der Waals surface area contributed by atoms with Crippen LogP contribution < -0.4 is 8.92 Å². The predicted molar refractivity (Wildman–Crippen MR) is 118 cm³/mol. The first-order chi connectivity index (χ1) is 14.3. The van der Waals surface area contributed by atoms with Crippen LogP contribution in [0.5, 0.6) is 11.5 Å². The number of nitrogens with zero attached hydrogens (tertiary/aromatic N) is 1. The average Bonchev–Trinajstić information content (AvgIpc) is 2.69. The Kier molecular flexibility index (Phi) is 12.5. The molecule has 0 aromatic heterocycles. The van der Waals surface area contributed by atoms with Gasteiger partial charge in [-0.3, -0.25) is 4.79 Å². The van der Waals surface area contributed by atoms with Gasteiger partial charge in [0.05, 0.1) is 20.0 Å². The Labute approximate surface area is 181 Å². The van der Waals surface area contributed by atoms with Crippen molar-refractivity contribution in [3.63, 3.8) is 0 Å². The first-order valence-corrected chi connectivity index (χ1v) is 12.5. The van der Waals surface area contributed by atoms with Crippen molar-refractivity contribution < 1.29 is 26.9 Å². The molecule has 30 heavy (non-hydrogen) atoms. The van der Waals surface area contributed by atoms with Gasteiger partial charge >= 0.3 is 10.1 Å². The minimum absolute atomic E-state index is 0.0713. The molecule has 8 heteroatoms. The lowest BCUT2D eigenvalue weighted by atomic mass is 10.1. The fourth-order valence-corrected chi connectivity index (χ4v) is 3.61. The van der Waals surface area contributed by atoms with E-state index < -0.39 is 10.1 Å². The number of amides is 1. The van der Waals surface area contributed by atoms with E-state index in [1.807, 2.05) is 0 Å². The first-order valence-electron chi connectivity index (χ1n) is 10.6. The van der Waals surface area contributed by atoms with Crippen LogP contribution in [0.3, 0.4) is 0 Å². The molecule has 1 amide bonds. The zero-order valence-electron chi connectivity index (χ0n) is 18.8. The van der Waals surface area contributed by atoms with Crippen LogP contribution >= 0.6 is 0 Å². The van der Waals surface area contributed by atoms with E-state index in [0.717, 1.165) is 31.1 Å². The number of carbonyl (C=O) groups is 1. The standard InChI is InChI=1S/C22H37NO6S/c1-5-6-7-8-9-10-11-12-22(24)23(15-16-27-2)18-19-13-14-20(28-3)21(17-19)29-30(4,25)26/h13-14,17H,5-12,15-16,18H2,1-4H3. The van der Waals surface area contributed by atoms with Gasteiger partial charge in [-0.15, -0.1) is 0 Å². The van der Waals surface area contributed by atoms with Gasteiger partial charge in [0.1, 0.15) is 0 Å². The van der Waals surface area contributed by atoms with Crippen molar-refractivity contribution in [1.29, 1.82) is 0 Å². The Morgan fingerprint density at radius 2 is 1.67 bits per heavy atom. The van der Waals surface area contributed by atoms with Crippen LogP contribution in [0, 0.1) is 0 Å². The summed E-state index contributed by atoms with van der Waals surface area (Å²) in [5, 5.41) is 0. The molecule has 0 saturated carbocycles. The zero-order chi connectivity index (χ0) is 22.4. The minimum Gasteiger partial charge on any atom is -0.493 e. The SMILES string of the molecule is CCCCCCCCCC(=O)N(CCOC)Cc1ccc(OC)c(OS(C)(=O)=O)c1. The fraction of sp³-hybridized carbons (Fsp3) is 0.682. The monoisotopic (exact) mass is 443 g/mol. The van der Waals surface area contributed by atoms with Gasteiger partial charge in [-0.1, -0.05) is 51.5 Å². The van der Waals surface area contributed by atoms with Gasteiger partial charge in [0.2, 0.25) is 5.91 Å². The fourth-order valence-electron chi connectivity index (χ4n) is 3.15. The third-order valence-corrected chi connectivity index (χ3v) is 5.24. The highest BCUT2D eigenvalue weighted by molar-refractivity contribution is 7.86. The van der Waals surface area contributed by atoms with E-state index in [-0.39, 0.29) is 11.7 Å². The number of benzene rings is 1. The van der Waals surface area contributed by atoms with Gasteiger partial charge in [0, 0.05) is 26.6 Å². The Bertz CT molecular complexity index is 735. The van der Waals surface area contributed by atoms with Gasteiger partial charge in [-0.25, -0.2) is 0 Å². The molecule has 0 fully saturated rings. The van der Waals surface area contributed by atoms with Crippen molar-refractivity contribution in [2.45, 2.75) is 64.8 Å². The molecule has 0 bridgehead atoms. The molecule has 0 aliphatic rings. The van der Waals surface area contributed by atoms with Gasteiger partial charge < -0.3 is 18.6 Å². The topological polar surface area (TPSA) is 82.1 Å². The highest BCUT2D eigenvalue weighted by atomic mass is 32.2. The van der Waals surface area contributed by atoms with Crippen LogP contribution in [0.25, 0.3) is 0 Å². The summed E-state index contributed by atoms with van der Waals surface area (Å²) in [5.74, 6) is 0.507. The maximum atomic E-state index is 12.7. The largest absolute Gasteiger partial charge is 0.493 e. The molecule has 1 aromatic rings. The predicted octanol–water partition coefficient (Wildman–Crippen LogP) is 4.15. The van der Waals surface area contributed by atoms with E-state index >= 15 is 0 Å². The molecule has 0 spiro atoms. The molecule has 0 aliphatic heterocycles. The molecule has 1 aromatic carbocycles. The Morgan fingerprint density at radius 3 is 2.27 bits per heavy atom. The second kappa shape index (κ2) is 14.2. The molecular formula is C22H37NO6S. The van der Waals surface area contributed by atoms with E-state index in [0.29, 0.717) is 31.9 Å². The van der Waals surface area contributed by atoms with E-state index in [1.165, 1.54) is 32.8 Å². The molecule has 0 aliphatic carbocycles. The molecule has 0 heterocycles. The number of methoxy groups -OCH3 is 2. The number of unbranched alkanes of at least 4 members (excludes halogenated alkanes) is 6. The zero-order valence-corrected chi connectivity index (χ0v) is 19.6. The molecule has 7 nitrogen and oxygen atoms in total. The van der Waals surface area contributed by atoms with Gasteiger partial charge in [-0.2, -0.15) is 8.42 Å². The lowest BCUT2D eigenvalue weighted by Gasteiger charge is -2.23. The van der Waals surface area contributed by atoms with Crippen molar-refractivity contribution >= 4 is 16.0 Å².